The first kappa shape index (κ1) is 31.3. The molecular formula is C52H33N3. The van der Waals surface area contributed by atoms with Crippen molar-refractivity contribution in [3.8, 4) is 45.3 Å². The molecule has 10 aromatic rings. The van der Waals surface area contributed by atoms with E-state index in [-0.39, 0.29) is 0 Å². The molecule has 0 atom stereocenters. The molecule has 0 spiro atoms. The number of hydrogen-bond acceptors (Lipinski definition) is 3. The average molecular weight is 700 g/mol. The molecule has 0 saturated carbocycles. The summed E-state index contributed by atoms with van der Waals surface area (Å²) in [5.41, 5.74) is 9.61. The lowest BCUT2D eigenvalue weighted by atomic mass is 9.67. The molecule has 1 aromatic heterocycles. The third kappa shape index (κ3) is 4.80. The molecule has 3 nitrogen and oxygen atoms in total. The van der Waals surface area contributed by atoms with Gasteiger partial charge in [-0.3, -0.25) is 0 Å². The van der Waals surface area contributed by atoms with Gasteiger partial charge >= 0.3 is 0 Å². The van der Waals surface area contributed by atoms with Crippen molar-refractivity contribution in [3.63, 3.8) is 0 Å². The smallest absolute Gasteiger partial charge is 0.164 e. The number of fused-ring (bicyclic) bond motifs is 8. The first-order valence-electron chi connectivity index (χ1n) is 18.8. The van der Waals surface area contributed by atoms with E-state index in [0.717, 1.165) is 22.3 Å². The summed E-state index contributed by atoms with van der Waals surface area (Å²) in [7, 11) is 0. The van der Waals surface area contributed by atoms with E-state index in [1.54, 1.807) is 0 Å². The summed E-state index contributed by atoms with van der Waals surface area (Å²) in [5, 5.41) is 7.30. The van der Waals surface area contributed by atoms with Crippen LogP contribution in [0.4, 0.5) is 0 Å². The van der Waals surface area contributed by atoms with Gasteiger partial charge in [-0.2, -0.15) is 0 Å². The van der Waals surface area contributed by atoms with Crippen molar-refractivity contribution in [1.82, 2.24) is 15.0 Å². The molecule has 11 rings (SSSR count). The molecule has 1 heterocycles. The second-order valence-corrected chi connectivity index (χ2v) is 14.3. The Balaban J connectivity index is 1.18. The summed E-state index contributed by atoms with van der Waals surface area (Å²) in [6, 6.07) is 71.6. The minimum Gasteiger partial charge on any atom is -0.208 e. The van der Waals surface area contributed by atoms with E-state index >= 15 is 0 Å². The van der Waals surface area contributed by atoms with Crippen LogP contribution in [0.3, 0.4) is 0 Å². The molecule has 0 unspecified atom stereocenters. The minimum atomic E-state index is -0.522. The van der Waals surface area contributed by atoms with E-state index < -0.39 is 5.41 Å². The molecule has 0 aliphatic heterocycles. The number of hydrogen-bond donors (Lipinski definition) is 0. The Morgan fingerprint density at radius 2 is 0.836 bits per heavy atom. The van der Waals surface area contributed by atoms with Crippen LogP contribution in [0, 0.1) is 0 Å². The van der Waals surface area contributed by atoms with Gasteiger partial charge < -0.3 is 0 Å². The van der Waals surface area contributed by atoms with Gasteiger partial charge in [0.15, 0.2) is 17.5 Å². The van der Waals surface area contributed by atoms with Gasteiger partial charge in [-0.05, 0) is 71.8 Å². The Morgan fingerprint density at radius 1 is 0.309 bits per heavy atom. The first-order chi connectivity index (χ1) is 27.3. The topological polar surface area (TPSA) is 38.7 Å². The molecule has 0 fully saturated rings. The summed E-state index contributed by atoms with van der Waals surface area (Å²) in [4.78, 5) is 15.8. The third-order valence-electron chi connectivity index (χ3n) is 11.4. The average Bonchev–Trinajstić information content (AvgIpc) is 3.58. The number of nitrogens with zero attached hydrogens (tertiary/aromatic N) is 3. The van der Waals surface area contributed by atoms with E-state index in [1.807, 2.05) is 18.2 Å². The van der Waals surface area contributed by atoms with Gasteiger partial charge in [-0.15, -0.1) is 0 Å². The molecular weight excluding hydrogens is 667 g/mol. The highest BCUT2D eigenvalue weighted by Crippen LogP contribution is 2.58. The van der Waals surface area contributed by atoms with Gasteiger partial charge in [-0.25, -0.2) is 15.0 Å². The lowest BCUT2D eigenvalue weighted by Gasteiger charge is -2.33. The van der Waals surface area contributed by atoms with Crippen molar-refractivity contribution in [2.75, 3.05) is 0 Å². The fraction of sp³-hybridized carbons (Fsp3) is 0.0192. The van der Waals surface area contributed by atoms with Gasteiger partial charge in [0.2, 0.25) is 0 Å². The maximum Gasteiger partial charge on any atom is 0.164 e. The summed E-state index contributed by atoms with van der Waals surface area (Å²) in [6.07, 6.45) is 0. The third-order valence-corrected chi connectivity index (χ3v) is 11.4. The van der Waals surface area contributed by atoms with E-state index in [0.29, 0.717) is 17.5 Å². The zero-order chi connectivity index (χ0) is 36.3. The number of benzene rings is 9. The first-order valence-corrected chi connectivity index (χ1v) is 18.8. The second kappa shape index (κ2) is 12.4. The Morgan fingerprint density at radius 3 is 1.58 bits per heavy atom. The van der Waals surface area contributed by atoms with Crippen LogP contribution in [-0.4, -0.2) is 15.0 Å². The molecule has 256 valence electrons. The highest BCUT2D eigenvalue weighted by Gasteiger charge is 2.47. The van der Waals surface area contributed by atoms with E-state index in [2.05, 4.69) is 182 Å². The van der Waals surface area contributed by atoms with Crippen molar-refractivity contribution in [2.45, 2.75) is 5.41 Å². The number of rotatable bonds is 5. The molecule has 1 aliphatic carbocycles. The Kier molecular flexibility index (Phi) is 7.08. The standard InChI is InChI=1S/C52H33N3/c1-4-16-36(17-5-1)49-53-50(37-28-27-35-30-31-41-40-22-11-10-15-34(40)29-32-42(41)45(35)33-37)55-51(54-49)44-24-14-26-47-48(44)43-23-12-13-25-46(43)52(47,38-18-6-2-7-19-38)39-20-8-3-9-21-39/h1-33H. The Hall–Kier alpha value is -7.23. The van der Waals surface area contributed by atoms with E-state index in [4.69, 9.17) is 15.0 Å². The van der Waals surface area contributed by atoms with Crippen molar-refractivity contribution >= 4 is 32.3 Å². The zero-order valence-electron chi connectivity index (χ0n) is 29.9. The van der Waals surface area contributed by atoms with Crippen LogP contribution in [0.15, 0.2) is 200 Å². The zero-order valence-corrected chi connectivity index (χ0v) is 29.9. The van der Waals surface area contributed by atoms with Gasteiger partial charge in [0.1, 0.15) is 0 Å². The molecule has 0 N–H and O–H groups in total. The van der Waals surface area contributed by atoms with Crippen molar-refractivity contribution < 1.29 is 0 Å². The van der Waals surface area contributed by atoms with Crippen LogP contribution in [0.25, 0.3) is 77.6 Å². The lowest BCUT2D eigenvalue weighted by Crippen LogP contribution is -2.28. The monoisotopic (exact) mass is 699 g/mol. The predicted octanol–water partition coefficient (Wildman–Crippen LogP) is 12.7. The fourth-order valence-corrected chi connectivity index (χ4v) is 8.98. The van der Waals surface area contributed by atoms with Crippen LogP contribution in [0.2, 0.25) is 0 Å². The molecule has 0 amide bonds. The van der Waals surface area contributed by atoms with Crippen LogP contribution in [0.5, 0.6) is 0 Å². The summed E-state index contributed by atoms with van der Waals surface area (Å²) < 4.78 is 0. The summed E-state index contributed by atoms with van der Waals surface area (Å²) in [6.45, 7) is 0. The van der Waals surface area contributed by atoms with Crippen molar-refractivity contribution in [3.05, 3.63) is 222 Å². The lowest BCUT2D eigenvalue weighted by molar-refractivity contribution is 0.768. The quantitative estimate of drug-likeness (QED) is 0.168. The molecule has 55 heavy (non-hydrogen) atoms. The largest absolute Gasteiger partial charge is 0.208 e. The fourth-order valence-electron chi connectivity index (χ4n) is 8.98. The highest BCUT2D eigenvalue weighted by molar-refractivity contribution is 6.17. The van der Waals surface area contributed by atoms with Gasteiger partial charge in [0.05, 0.1) is 5.41 Å². The Labute approximate surface area is 319 Å². The van der Waals surface area contributed by atoms with Crippen LogP contribution in [0.1, 0.15) is 22.3 Å². The van der Waals surface area contributed by atoms with E-state index in [1.165, 1.54) is 60.1 Å². The highest BCUT2D eigenvalue weighted by atomic mass is 15.0. The summed E-state index contributed by atoms with van der Waals surface area (Å²) in [5.74, 6) is 1.94. The SMILES string of the molecule is c1ccc(-c2nc(-c3ccc4ccc5c6ccccc6ccc5c4c3)nc(-c3cccc4c3-c3ccccc3C4(c3ccccc3)c3ccccc3)n2)cc1. The number of aromatic nitrogens is 3. The van der Waals surface area contributed by atoms with Gasteiger partial charge in [0, 0.05) is 16.7 Å². The predicted molar refractivity (Wildman–Crippen MR) is 226 cm³/mol. The molecule has 9 aromatic carbocycles. The normalized spacial score (nSPS) is 12.9. The summed E-state index contributed by atoms with van der Waals surface area (Å²) >= 11 is 0. The molecule has 3 heteroatoms. The maximum atomic E-state index is 5.36. The van der Waals surface area contributed by atoms with Gasteiger partial charge in [-0.1, -0.05) is 194 Å². The molecule has 0 saturated heterocycles. The van der Waals surface area contributed by atoms with Crippen molar-refractivity contribution in [2.24, 2.45) is 0 Å². The van der Waals surface area contributed by atoms with Crippen molar-refractivity contribution in [1.29, 1.82) is 0 Å². The Bertz CT molecular complexity index is 3040. The van der Waals surface area contributed by atoms with Gasteiger partial charge in [0.25, 0.3) is 0 Å². The van der Waals surface area contributed by atoms with Crippen LogP contribution in [-0.2, 0) is 5.41 Å². The van der Waals surface area contributed by atoms with Crippen LogP contribution >= 0.6 is 0 Å². The molecule has 0 radical (unpaired) electrons. The molecule has 0 bridgehead atoms. The maximum absolute atomic E-state index is 5.36. The molecule has 1 aliphatic rings. The second-order valence-electron chi connectivity index (χ2n) is 14.3. The minimum absolute atomic E-state index is 0.522. The van der Waals surface area contributed by atoms with E-state index in [9.17, 15) is 0 Å². The van der Waals surface area contributed by atoms with Crippen LogP contribution < -0.4 is 0 Å².